The number of allylic oxidation sites excluding steroid dienone is 1. The number of benzene rings is 4. The molecule has 3 aliphatic rings. The fourth-order valence-electron chi connectivity index (χ4n) is 8.19. The number of phenolic OH excluding ortho intramolecular Hbond substituents is 2. The third-order valence-corrected chi connectivity index (χ3v) is 11.7. The number of aromatic hydroxyl groups is 2. The Morgan fingerprint density at radius 3 is 2.08 bits per heavy atom. The first-order valence-corrected chi connectivity index (χ1v) is 22.0. The number of fused-ring (bicyclic) bond motifs is 1. The summed E-state index contributed by atoms with van der Waals surface area (Å²) in [4.78, 5) is 55.6. The highest BCUT2D eigenvalue weighted by Crippen LogP contribution is 2.37. The Morgan fingerprint density at radius 1 is 0.762 bits per heavy atom. The second-order valence-electron chi connectivity index (χ2n) is 15.6. The molecule has 4 N–H and O–H groups in total. The standard InChI is InChI=1S/C48H54ClN5O9/c49-20-18-39(33-4-10-36(55)11-5-33)46(34-6-12-37(56)13-7-34)35-8-14-38(15-9-35)63-29-26-52-22-24-53(25-23-52)45(58)19-27-61-30-31-62-28-21-50-42-3-1-2-40-41(42)32-54(48(40)60)43-16-17-44(57)51-47(43)59/h1-15,43,50,55-56H,16-32H2,(H,51,57,59). The lowest BCUT2D eigenvalue weighted by Crippen LogP contribution is -2.52. The number of anilines is 1. The number of piperazine rings is 1. The molecule has 1 atom stereocenters. The fourth-order valence-corrected chi connectivity index (χ4v) is 8.38. The molecule has 0 aliphatic carbocycles. The summed E-state index contributed by atoms with van der Waals surface area (Å²) in [5.74, 6) is 0.651. The summed E-state index contributed by atoms with van der Waals surface area (Å²) in [6.45, 7) is 6.34. The summed E-state index contributed by atoms with van der Waals surface area (Å²) >= 11 is 6.29. The molecule has 0 radical (unpaired) electrons. The molecule has 3 aliphatic heterocycles. The van der Waals surface area contributed by atoms with Crippen molar-refractivity contribution in [2.24, 2.45) is 0 Å². The fraction of sp³-hybridized carbons (Fsp3) is 0.375. The van der Waals surface area contributed by atoms with E-state index in [-0.39, 0.29) is 35.6 Å². The summed E-state index contributed by atoms with van der Waals surface area (Å²) in [6, 6.07) is 27.0. The maximum absolute atomic E-state index is 13.1. The van der Waals surface area contributed by atoms with Gasteiger partial charge in [0, 0.05) is 74.9 Å². The molecule has 4 aromatic rings. The second-order valence-corrected chi connectivity index (χ2v) is 16.0. The third-order valence-electron chi connectivity index (χ3n) is 11.5. The lowest BCUT2D eigenvalue weighted by Gasteiger charge is -2.34. The number of alkyl halides is 1. The number of carbonyl (C=O) groups excluding carboxylic acids is 4. The molecule has 15 heteroatoms. The summed E-state index contributed by atoms with van der Waals surface area (Å²) in [7, 11) is 0. The van der Waals surface area contributed by atoms with Crippen LogP contribution in [0.15, 0.2) is 91.0 Å². The number of nitrogens with zero attached hydrogens (tertiary/aromatic N) is 3. The Morgan fingerprint density at radius 2 is 1.41 bits per heavy atom. The number of phenols is 2. The average Bonchev–Trinajstić information content (AvgIpc) is 3.63. The maximum atomic E-state index is 13.1. The van der Waals surface area contributed by atoms with Crippen molar-refractivity contribution in [3.05, 3.63) is 119 Å². The molecule has 4 aromatic carbocycles. The van der Waals surface area contributed by atoms with Gasteiger partial charge in [0.1, 0.15) is 29.9 Å². The molecular formula is C48H54ClN5O9. The first-order chi connectivity index (χ1) is 30.7. The highest BCUT2D eigenvalue weighted by Gasteiger charge is 2.39. The van der Waals surface area contributed by atoms with Crippen LogP contribution in [-0.2, 0) is 30.4 Å². The van der Waals surface area contributed by atoms with Gasteiger partial charge in [0.2, 0.25) is 17.7 Å². The van der Waals surface area contributed by atoms with Gasteiger partial charge in [0.05, 0.1) is 32.8 Å². The van der Waals surface area contributed by atoms with E-state index in [1.54, 1.807) is 36.4 Å². The van der Waals surface area contributed by atoms with E-state index in [2.05, 4.69) is 15.5 Å². The zero-order valence-electron chi connectivity index (χ0n) is 35.2. The lowest BCUT2D eigenvalue weighted by molar-refractivity contribution is -0.137. The molecule has 3 heterocycles. The number of hydrogen-bond acceptors (Lipinski definition) is 11. The Bertz CT molecular complexity index is 2240. The quantitative estimate of drug-likeness (QED) is 0.0383. The highest BCUT2D eigenvalue weighted by atomic mass is 35.5. The number of hydrogen-bond donors (Lipinski definition) is 4. The molecule has 14 nitrogen and oxygen atoms in total. The van der Waals surface area contributed by atoms with Crippen molar-refractivity contribution in [1.29, 1.82) is 0 Å². The smallest absolute Gasteiger partial charge is 0.255 e. The third kappa shape index (κ3) is 11.8. The van der Waals surface area contributed by atoms with E-state index in [0.29, 0.717) is 89.9 Å². The Labute approximate surface area is 372 Å². The average molecular weight is 880 g/mol. The topological polar surface area (TPSA) is 170 Å². The van der Waals surface area contributed by atoms with Crippen LogP contribution in [0.3, 0.4) is 0 Å². The predicted molar refractivity (Wildman–Crippen MR) is 240 cm³/mol. The van der Waals surface area contributed by atoms with E-state index in [1.807, 2.05) is 59.5 Å². The number of rotatable bonds is 20. The van der Waals surface area contributed by atoms with Crippen LogP contribution in [0.1, 0.15) is 58.3 Å². The highest BCUT2D eigenvalue weighted by molar-refractivity contribution is 6.18. The zero-order valence-corrected chi connectivity index (χ0v) is 36.0. The normalized spacial score (nSPS) is 17.0. The molecule has 0 bridgehead atoms. The van der Waals surface area contributed by atoms with Crippen molar-refractivity contribution in [3.8, 4) is 17.2 Å². The molecule has 0 saturated carbocycles. The maximum Gasteiger partial charge on any atom is 0.255 e. The number of piperidine rings is 1. The van der Waals surface area contributed by atoms with Gasteiger partial charge in [-0.1, -0.05) is 42.5 Å². The van der Waals surface area contributed by atoms with Gasteiger partial charge in [-0.25, -0.2) is 0 Å². The molecule has 0 aromatic heterocycles. The van der Waals surface area contributed by atoms with E-state index < -0.39 is 11.9 Å². The van der Waals surface area contributed by atoms with E-state index in [4.69, 9.17) is 25.8 Å². The van der Waals surface area contributed by atoms with Gasteiger partial charge in [-0.3, -0.25) is 29.4 Å². The van der Waals surface area contributed by atoms with Gasteiger partial charge in [0.25, 0.3) is 5.91 Å². The Kier molecular flexibility index (Phi) is 15.7. The van der Waals surface area contributed by atoms with Crippen molar-refractivity contribution >= 4 is 52.1 Å². The summed E-state index contributed by atoms with van der Waals surface area (Å²) in [5, 5.41) is 25.5. The number of amides is 4. The monoisotopic (exact) mass is 879 g/mol. The van der Waals surface area contributed by atoms with Crippen LogP contribution in [0.4, 0.5) is 5.69 Å². The van der Waals surface area contributed by atoms with Gasteiger partial charge in [-0.2, -0.15) is 0 Å². The number of imide groups is 1. The zero-order chi connectivity index (χ0) is 44.1. The van der Waals surface area contributed by atoms with Crippen molar-refractivity contribution in [2.45, 2.75) is 38.3 Å². The summed E-state index contributed by atoms with van der Waals surface area (Å²) in [6.07, 6.45) is 1.44. The molecule has 2 fully saturated rings. The molecule has 332 valence electrons. The minimum atomic E-state index is -0.659. The van der Waals surface area contributed by atoms with Crippen LogP contribution < -0.4 is 15.4 Å². The van der Waals surface area contributed by atoms with Crippen LogP contribution in [0, 0.1) is 0 Å². The minimum Gasteiger partial charge on any atom is -0.508 e. The Balaban J connectivity index is 0.771. The molecular weight excluding hydrogens is 826 g/mol. The Hall–Kier alpha value is -5.93. The largest absolute Gasteiger partial charge is 0.508 e. The number of halogens is 1. The SMILES string of the molecule is O=C1CCC(N2Cc3c(NCCOCCOCCC(=O)N4CCN(CCOc5ccc(C(=C(CCCl)c6ccc(O)cc6)c6ccc(O)cc6)cc5)CC4)cccc3C2=O)C(=O)N1. The molecule has 2 saturated heterocycles. The first-order valence-electron chi connectivity index (χ1n) is 21.5. The van der Waals surface area contributed by atoms with Crippen molar-refractivity contribution in [2.75, 3.05) is 83.5 Å². The number of ether oxygens (including phenoxy) is 3. The van der Waals surface area contributed by atoms with Crippen molar-refractivity contribution in [3.63, 3.8) is 0 Å². The van der Waals surface area contributed by atoms with Crippen LogP contribution in [0.2, 0.25) is 0 Å². The van der Waals surface area contributed by atoms with Gasteiger partial charge >= 0.3 is 0 Å². The predicted octanol–water partition coefficient (Wildman–Crippen LogP) is 5.51. The van der Waals surface area contributed by atoms with Crippen LogP contribution >= 0.6 is 11.6 Å². The van der Waals surface area contributed by atoms with Crippen LogP contribution in [-0.4, -0.2) is 133 Å². The number of carbonyl (C=O) groups is 4. The first kappa shape index (κ1) is 45.1. The minimum absolute atomic E-state index is 0.0708. The van der Waals surface area contributed by atoms with Crippen LogP contribution in [0.5, 0.6) is 17.2 Å². The van der Waals surface area contributed by atoms with E-state index in [0.717, 1.165) is 64.5 Å². The van der Waals surface area contributed by atoms with Crippen LogP contribution in [0.25, 0.3) is 11.1 Å². The van der Waals surface area contributed by atoms with E-state index in [9.17, 15) is 29.4 Å². The lowest BCUT2D eigenvalue weighted by atomic mass is 9.88. The molecule has 4 amide bonds. The summed E-state index contributed by atoms with van der Waals surface area (Å²) < 4.78 is 17.5. The van der Waals surface area contributed by atoms with Gasteiger partial charge in [-0.05, 0) is 89.2 Å². The van der Waals surface area contributed by atoms with Crippen molar-refractivity contribution < 1.29 is 43.6 Å². The van der Waals surface area contributed by atoms with Gasteiger partial charge < -0.3 is 39.5 Å². The number of nitrogens with one attached hydrogen (secondary N) is 2. The second kappa shape index (κ2) is 21.9. The van der Waals surface area contributed by atoms with Gasteiger partial charge in [0.15, 0.2) is 0 Å². The molecule has 1 unspecified atom stereocenters. The molecule has 63 heavy (non-hydrogen) atoms. The molecule has 0 spiro atoms. The van der Waals surface area contributed by atoms with Gasteiger partial charge in [-0.15, -0.1) is 11.6 Å². The summed E-state index contributed by atoms with van der Waals surface area (Å²) in [5.41, 5.74) is 7.06. The van der Waals surface area contributed by atoms with E-state index in [1.165, 1.54) is 4.90 Å². The van der Waals surface area contributed by atoms with Crippen molar-refractivity contribution in [1.82, 2.24) is 20.0 Å². The van der Waals surface area contributed by atoms with E-state index >= 15 is 0 Å². The molecule has 7 rings (SSSR count).